The molecule has 0 fully saturated rings. The normalized spacial score (nSPS) is 18.3. The van der Waals surface area contributed by atoms with E-state index >= 15 is 0 Å². The third-order valence-corrected chi connectivity index (χ3v) is 9.61. The zero-order chi connectivity index (χ0) is 30.2. The van der Waals surface area contributed by atoms with E-state index in [0.29, 0.717) is 45.1 Å². The quantitative estimate of drug-likeness (QED) is 0.228. The monoisotopic (exact) mass is 619 g/mol. The number of rotatable bonds is 7. The smallest absolute Gasteiger partial charge is 0.234 e. The lowest BCUT2D eigenvalue weighted by molar-refractivity contribution is -0.118. The van der Waals surface area contributed by atoms with Crippen LogP contribution in [-0.2, 0) is 9.59 Å². The molecule has 0 saturated carbocycles. The van der Waals surface area contributed by atoms with Crippen LogP contribution in [0.1, 0.15) is 63.5 Å². The van der Waals surface area contributed by atoms with Gasteiger partial charge in [0, 0.05) is 23.9 Å². The summed E-state index contributed by atoms with van der Waals surface area (Å²) < 4.78 is 0.540. The topological polar surface area (TPSA) is 138 Å². The molecule has 12 heteroatoms. The van der Waals surface area contributed by atoms with Gasteiger partial charge >= 0.3 is 0 Å². The number of nitriles is 1. The molecule has 1 amide bonds. The Kier molecular flexibility index (Phi) is 8.42. The third-order valence-electron chi connectivity index (χ3n) is 7.26. The number of nitrogens with zero attached hydrogens (tertiary/aromatic N) is 5. The molecule has 0 saturated heterocycles. The molecule has 1 aliphatic heterocycles. The SMILES string of the molecule is CC(C)c1ccc(C2C(C#N)=C(N)N(c3nnc(SCC(=O)Nc4cccnc4Cl)s3)C3=C2C(=O)CC(C)(C)C3)cc1. The Hall–Kier alpha value is -3.72. The summed E-state index contributed by atoms with van der Waals surface area (Å²) in [6.07, 6.45) is 2.48. The molecular formula is C30H30ClN7O2S2. The van der Waals surface area contributed by atoms with Crippen molar-refractivity contribution in [1.29, 1.82) is 5.26 Å². The van der Waals surface area contributed by atoms with Gasteiger partial charge in [0.15, 0.2) is 15.3 Å². The number of carbonyl (C=O) groups is 2. The van der Waals surface area contributed by atoms with Crippen molar-refractivity contribution in [3.63, 3.8) is 0 Å². The van der Waals surface area contributed by atoms with E-state index in [9.17, 15) is 14.9 Å². The number of hydrogen-bond donors (Lipinski definition) is 2. The van der Waals surface area contributed by atoms with Crippen molar-refractivity contribution in [3.8, 4) is 6.07 Å². The molecule has 2 aliphatic rings. The van der Waals surface area contributed by atoms with Gasteiger partial charge in [-0.3, -0.25) is 14.5 Å². The highest BCUT2D eigenvalue weighted by Gasteiger charge is 2.45. The van der Waals surface area contributed by atoms with Gasteiger partial charge in [-0.2, -0.15) is 5.26 Å². The van der Waals surface area contributed by atoms with Crippen LogP contribution in [0, 0.1) is 16.7 Å². The number of nitrogens with two attached hydrogens (primary N) is 1. The first-order valence-corrected chi connectivity index (χ1v) is 15.6. The van der Waals surface area contributed by atoms with Gasteiger partial charge in [0.05, 0.1) is 29.0 Å². The maximum Gasteiger partial charge on any atom is 0.234 e. The second-order valence-corrected chi connectivity index (χ2v) is 13.9. The molecule has 42 heavy (non-hydrogen) atoms. The molecule has 0 spiro atoms. The van der Waals surface area contributed by atoms with Gasteiger partial charge in [0.25, 0.3) is 0 Å². The Balaban J connectivity index is 1.47. The maximum absolute atomic E-state index is 13.8. The third kappa shape index (κ3) is 5.93. The lowest BCUT2D eigenvalue weighted by atomic mass is 9.68. The van der Waals surface area contributed by atoms with E-state index < -0.39 is 5.92 Å². The highest BCUT2D eigenvalue weighted by atomic mass is 35.5. The first kappa shape index (κ1) is 29.8. The van der Waals surface area contributed by atoms with Gasteiger partial charge in [-0.15, -0.1) is 10.2 Å². The molecule has 3 aromatic rings. The van der Waals surface area contributed by atoms with Crippen molar-refractivity contribution in [2.45, 2.75) is 56.7 Å². The van der Waals surface area contributed by atoms with E-state index in [-0.39, 0.29) is 33.8 Å². The number of anilines is 2. The molecule has 0 radical (unpaired) electrons. The van der Waals surface area contributed by atoms with Gasteiger partial charge < -0.3 is 11.1 Å². The molecular weight excluding hydrogens is 590 g/mol. The van der Waals surface area contributed by atoms with Crippen LogP contribution >= 0.6 is 34.7 Å². The van der Waals surface area contributed by atoms with E-state index in [1.54, 1.807) is 23.2 Å². The number of carbonyl (C=O) groups excluding carboxylic acids is 2. The summed E-state index contributed by atoms with van der Waals surface area (Å²) in [6, 6.07) is 13.7. The predicted molar refractivity (Wildman–Crippen MR) is 166 cm³/mol. The van der Waals surface area contributed by atoms with Crippen molar-refractivity contribution in [2.24, 2.45) is 11.1 Å². The number of amides is 1. The molecule has 3 N–H and O–H groups in total. The van der Waals surface area contributed by atoms with Gasteiger partial charge in [0.2, 0.25) is 11.0 Å². The number of halogens is 1. The number of thioether (sulfide) groups is 1. The van der Waals surface area contributed by atoms with Crippen LogP contribution < -0.4 is 16.0 Å². The second kappa shape index (κ2) is 11.9. The number of ketones is 1. The van der Waals surface area contributed by atoms with Crippen LogP contribution in [0.3, 0.4) is 0 Å². The van der Waals surface area contributed by atoms with Crippen LogP contribution in [0.2, 0.25) is 5.15 Å². The van der Waals surface area contributed by atoms with Crippen LogP contribution in [-0.4, -0.2) is 32.6 Å². The van der Waals surface area contributed by atoms with E-state index in [4.69, 9.17) is 17.3 Å². The summed E-state index contributed by atoms with van der Waals surface area (Å²) in [4.78, 5) is 31.9. The van der Waals surface area contributed by atoms with Crippen LogP contribution in [0.25, 0.3) is 0 Å². The van der Waals surface area contributed by atoms with Gasteiger partial charge in [-0.25, -0.2) is 4.98 Å². The van der Waals surface area contributed by atoms with Crippen molar-refractivity contribution >= 4 is 57.2 Å². The molecule has 1 aliphatic carbocycles. The van der Waals surface area contributed by atoms with E-state index in [1.165, 1.54) is 28.7 Å². The fourth-order valence-corrected chi connectivity index (χ4v) is 7.13. The molecule has 3 heterocycles. The highest BCUT2D eigenvalue weighted by Crippen LogP contribution is 2.50. The van der Waals surface area contributed by atoms with Crippen molar-refractivity contribution < 1.29 is 9.59 Å². The van der Waals surface area contributed by atoms with Crippen molar-refractivity contribution in [3.05, 3.63) is 81.5 Å². The minimum atomic E-state index is -0.559. The van der Waals surface area contributed by atoms with Crippen LogP contribution in [0.4, 0.5) is 10.8 Å². The Morgan fingerprint density at radius 3 is 2.67 bits per heavy atom. The van der Waals surface area contributed by atoms with Gasteiger partial charge in [0.1, 0.15) is 5.82 Å². The van der Waals surface area contributed by atoms with Crippen LogP contribution in [0.5, 0.6) is 0 Å². The zero-order valence-corrected chi connectivity index (χ0v) is 26.0. The summed E-state index contributed by atoms with van der Waals surface area (Å²) >= 11 is 8.50. The van der Waals surface area contributed by atoms with Crippen molar-refractivity contribution in [1.82, 2.24) is 15.2 Å². The number of allylic oxidation sites excluding steroid dienone is 3. The molecule has 2 aromatic heterocycles. The first-order chi connectivity index (χ1) is 20.0. The number of nitrogens with one attached hydrogen (secondary N) is 1. The number of aromatic nitrogens is 3. The summed E-state index contributed by atoms with van der Waals surface area (Å²) in [5.41, 5.74) is 10.5. The average Bonchev–Trinajstić information content (AvgIpc) is 3.40. The first-order valence-electron chi connectivity index (χ1n) is 13.4. The van der Waals surface area contributed by atoms with E-state index in [2.05, 4.69) is 40.4 Å². The van der Waals surface area contributed by atoms with Crippen molar-refractivity contribution in [2.75, 3.05) is 16.0 Å². The lowest BCUT2D eigenvalue weighted by Crippen LogP contribution is -2.42. The second-order valence-electron chi connectivity index (χ2n) is 11.3. The Morgan fingerprint density at radius 1 is 1.26 bits per heavy atom. The number of hydrogen-bond acceptors (Lipinski definition) is 10. The highest BCUT2D eigenvalue weighted by molar-refractivity contribution is 8.01. The van der Waals surface area contributed by atoms with E-state index in [0.717, 1.165) is 11.3 Å². The number of Topliss-reactive ketones (excluding diaryl/α,β-unsaturated/α-hetero) is 1. The summed E-state index contributed by atoms with van der Waals surface area (Å²) in [6.45, 7) is 8.34. The number of benzene rings is 1. The molecule has 1 aromatic carbocycles. The summed E-state index contributed by atoms with van der Waals surface area (Å²) in [7, 11) is 0. The predicted octanol–water partition coefficient (Wildman–Crippen LogP) is 6.38. The fraction of sp³-hybridized carbons (Fsp3) is 0.333. The Bertz CT molecular complexity index is 1650. The molecule has 1 atom stereocenters. The minimum Gasteiger partial charge on any atom is -0.384 e. The summed E-state index contributed by atoms with van der Waals surface area (Å²) in [5.74, 6) is -0.177. The zero-order valence-electron chi connectivity index (χ0n) is 23.6. The van der Waals surface area contributed by atoms with Gasteiger partial charge in [-0.1, -0.05) is 86.7 Å². The maximum atomic E-state index is 13.8. The standard InChI is InChI=1S/C30H30ClN7O2S2/c1-16(2)17-7-9-18(10-8-17)24-19(14-32)27(33)38(21-12-30(3,4)13-22(39)25(21)24)28-36-37-29(42-28)41-15-23(40)35-20-6-5-11-34-26(20)31/h5-11,16,24H,12-13,15,33H2,1-4H3,(H,35,40). The Morgan fingerprint density at radius 2 is 2.00 bits per heavy atom. The fourth-order valence-electron chi connectivity index (χ4n) is 5.28. The largest absolute Gasteiger partial charge is 0.384 e. The lowest BCUT2D eigenvalue weighted by Gasteiger charge is -2.42. The summed E-state index contributed by atoms with van der Waals surface area (Å²) in [5, 5.41) is 22.3. The number of pyridine rings is 1. The van der Waals surface area contributed by atoms with Crippen LogP contribution in [0.15, 0.2) is 69.6 Å². The molecule has 9 nitrogen and oxygen atoms in total. The van der Waals surface area contributed by atoms with E-state index in [1.807, 2.05) is 38.1 Å². The molecule has 1 unspecified atom stereocenters. The molecule has 0 bridgehead atoms. The Labute approximate surface area is 257 Å². The molecule has 216 valence electrons. The minimum absolute atomic E-state index is 0.00529. The van der Waals surface area contributed by atoms with Gasteiger partial charge in [-0.05, 0) is 41.0 Å². The average molecular weight is 620 g/mol. The molecule has 5 rings (SSSR count).